The Morgan fingerprint density at radius 2 is 2.58 bits per heavy atom. The first-order chi connectivity index (χ1) is 5.90. The SMILES string of the molecule is CCCc1cn2c(n1)COCC2. The molecule has 0 bridgehead atoms. The average Bonchev–Trinajstić information content (AvgIpc) is 2.47. The summed E-state index contributed by atoms with van der Waals surface area (Å²) in [5, 5.41) is 0. The zero-order valence-corrected chi connectivity index (χ0v) is 7.42. The molecule has 66 valence electrons. The fourth-order valence-electron chi connectivity index (χ4n) is 1.52. The van der Waals surface area contributed by atoms with Crippen molar-refractivity contribution in [1.82, 2.24) is 9.55 Å². The molecule has 0 spiro atoms. The van der Waals surface area contributed by atoms with E-state index in [0.29, 0.717) is 6.61 Å². The van der Waals surface area contributed by atoms with Crippen LogP contribution < -0.4 is 0 Å². The summed E-state index contributed by atoms with van der Waals surface area (Å²) in [6.07, 6.45) is 4.40. The minimum Gasteiger partial charge on any atom is -0.372 e. The van der Waals surface area contributed by atoms with Crippen molar-refractivity contribution >= 4 is 0 Å². The molecule has 0 saturated carbocycles. The minimum absolute atomic E-state index is 0.684. The van der Waals surface area contributed by atoms with Gasteiger partial charge in [0.05, 0.1) is 12.3 Å². The number of hydrogen-bond donors (Lipinski definition) is 0. The molecule has 0 aliphatic carbocycles. The van der Waals surface area contributed by atoms with Gasteiger partial charge in [0.25, 0.3) is 0 Å². The van der Waals surface area contributed by atoms with Crippen LogP contribution >= 0.6 is 0 Å². The molecule has 0 atom stereocenters. The van der Waals surface area contributed by atoms with Crippen LogP contribution in [0.4, 0.5) is 0 Å². The van der Waals surface area contributed by atoms with Gasteiger partial charge >= 0.3 is 0 Å². The van der Waals surface area contributed by atoms with E-state index in [9.17, 15) is 0 Å². The molecule has 0 N–H and O–H groups in total. The maximum absolute atomic E-state index is 5.30. The number of fused-ring (bicyclic) bond motifs is 1. The van der Waals surface area contributed by atoms with Crippen LogP contribution in [0.5, 0.6) is 0 Å². The lowest BCUT2D eigenvalue weighted by molar-refractivity contribution is 0.0816. The molecule has 1 aromatic rings. The van der Waals surface area contributed by atoms with Gasteiger partial charge in [-0.25, -0.2) is 4.98 Å². The first kappa shape index (κ1) is 7.80. The number of hydrogen-bond acceptors (Lipinski definition) is 2. The van der Waals surface area contributed by atoms with Crippen LogP contribution in [0.3, 0.4) is 0 Å². The third-order valence-corrected chi connectivity index (χ3v) is 2.12. The Labute approximate surface area is 72.4 Å². The average molecular weight is 166 g/mol. The molecule has 1 aliphatic rings. The summed E-state index contributed by atoms with van der Waals surface area (Å²) in [5.74, 6) is 1.09. The fraction of sp³-hybridized carbons (Fsp3) is 0.667. The zero-order chi connectivity index (χ0) is 8.39. The normalized spacial score (nSPS) is 16.1. The van der Waals surface area contributed by atoms with Gasteiger partial charge in [-0.2, -0.15) is 0 Å². The number of ether oxygens (including phenoxy) is 1. The topological polar surface area (TPSA) is 27.1 Å². The molecular weight excluding hydrogens is 152 g/mol. The first-order valence-electron chi connectivity index (χ1n) is 4.53. The second kappa shape index (κ2) is 3.27. The highest BCUT2D eigenvalue weighted by Crippen LogP contribution is 2.10. The molecule has 0 radical (unpaired) electrons. The highest BCUT2D eigenvalue weighted by molar-refractivity contribution is 5.04. The Bertz CT molecular complexity index is 244. The van der Waals surface area contributed by atoms with Crippen molar-refractivity contribution < 1.29 is 4.74 Å². The molecule has 0 amide bonds. The molecule has 1 aromatic heterocycles. The van der Waals surface area contributed by atoms with Gasteiger partial charge in [0.15, 0.2) is 0 Å². The molecule has 3 nitrogen and oxygen atoms in total. The van der Waals surface area contributed by atoms with Crippen molar-refractivity contribution in [2.75, 3.05) is 6.61 Å². The lowest BCUT2D eigenvalue weighted by Gasteiger charge is -2.13. The third kappa shape index (κ3) is 1.37. The minimum atomic E-state index is 0.684. The van der Waals surface area contributed by atoms with Gasteiger partial charge in [0.2, 0.25) is 0 Å². The van der Waals surface area contributed by atoms with E-state index in [1.165, 1.54) is 5.69 Å². The van der Waals surface area contributed by atoms with E-state index in [1.807, 2.05) is 0 Å². The molecule has 0 fully saturated rings. The zero-order valence-electron chi connectivity index (χ0n) is 7.42. The summed E-state index contributed by atoms with van der Waals surface area (Å²) < 4.78 is 7.51. The summed E-state index contributed by atoms with van der Waals surface area (Å²) in [6, 6.07) is 0. The van der Waals surface area contributed by atoms with Gasteiger partial charge in [-0.15, -0.1) is 0 Å². The van der Waals surface area contributed by atoms with Crippen molar-refractivity contribution in [3.63, 3.8) is 0 Å². The number of aromatic nitrogens is 2. The predicted octanol–water partition coefficient (Wildman–Crippen LogP) is 1.37. The highest BCUT2D eigenvalue weighted by Gasteiger charge is 2.11. The quantitative estimate of drug-likeness (QED) is 0.663. The van der Waals surface area contributed by atoms with Crippen LogP contribution in [0.15, 0.2) is 6.20 Å². The smallest absolute Gasteiger partial charge is 0.135 e. The Kier molecular flexibility index (Phi) is 2.13. The highest BCUT2D eigenvalue weighted by atomic mass is 16.5. The summed E-state index contributed by atoms with van der Waals surface area (Å²) in [4.78, 5) is 4.48. The maximum Gasteiger partial charge on any atom is 0.135 e. The number of imidazole rings is 1. The van der Waals surface area contributed by atoms with Gasteiger partial charge in [0, 0.05) is 12.7 Å². The van der Waals surface area contributed by atoms with E-state index >= 15 is 0 Å². The van der Waals surface area contributed by atoms with Gasteiger partial charge in [-0.05, 0) is 6.42 Å². The predicted molar refractivity (Wildman–Crippen MR) is 45.9 cm³/mol. The van der Waals surface area contributed by atoms with E-state index in [4.69, 9.17) is 4.74 Å². The largest absolute Gasteiger partial charge is 0.372 e. The second-order valence-electron chi connectivity index (χ2n) is 3.14. The molecule has 0 unspecified atom stereocenters. The molecule has 2 rings (SSSR count). The van der Waals surface area contributed by atoms with Gasteiger partial charge in [-0.1, -0.05) is 13.3 Å². The van der Waals surface area contributed by atoms with Crippen molar-refractivity contribution in [3.8, 4) is 0 Å². The molecule has 0 saturated heterocycles. The Morgan fingerprint density at radius 1 is 1.67 bits per heavy atom. The Morgan fingerprint density at radius 3 is 3.33 bits per heavy atom. The number of rotatable bonds is 2. The standard InChI is InChI=1S/C9H14N2O/c1-2-3-8-6-11-4-5-12-7-9(11)10-8/h6H,2-5,7H2,1H3. The summed E-state index contributed by atoms with van der Waals surface area (Å²) in [6.45, 7) is 4.65. The van der Waals surface area contributed by atoms with Crippen molar-refractivity contribution in [2.24, 2.45) is 0 Å². The van der Waals surface area contributed by atoms with Crippen molar-refractivity contribution in [3.05, 3.63) is 17.7 Å². The molecule has 3 heteroatoms. The van der Waals surface area contributed by atoms with Gasteiger partial charge < -0.3 is 9.30 Å². The summed E-state index contributed by atoms with van der Waals surface area (Å²) in [5.41, 5.74) is 1.21. The van der Waals surface area contributed by atoms with Crippen molar-refractivity contribution in [1.29, 1.82) is 0 Å². The third-order valence-electron chi connectivity index (χ3n) is 2.12. The van der Waals surface area contributed by atoms with E-state index in [0.717, 1.165) is 31.8 Å². The van der Waals surface area contributed by atoms with E-state index < -0.39 is 0 Å². The van der Waals surface area contributed by atoms with Crippen LogP contribution in [0, 0.1) is 0 Å². The number of aryl methyl sites for hydroxylation is 1. The van der Waals surface area contributed by atoms with Crippen LogP contribution in [0.1, 0.15) is 24.9 Å². The van der Waals surface area contributed by atoms with Crippen LogP contribution in [0.25, 0.3) is 0 Å². The maximum atomic E-state index is 5.30. The molecule has 1 aliphatic heterocycles. The van der Waals surface area contributed by atoms with Gasteiger partial charge in [0.1, 0.15) is 12.4 Å². The van der Waals surface area contributed by atoms with Crippen LogP contribution in [0.2, 0.25) is 0 Å². The molecule has 12 heavy (non-hydrogen) atoms. The molecule has 2 heterocycles. The summed E-state index contributed by atoms with van der Waals surface area (Å²) >= 11 is 0. The molecule has 0 aromatic carbocycles. The Balaban J connectivity index is 2.20. The van der Waals surface area contributed by atoms with E-state index in [2.05, 4.69) is 22.7 Å². The Hall–Kier alpha value is -0.830. The number of nitrogens with zero attached hydrogens (tertiary/aromatic N) is 2. The van der Waals surface area contributed by atoms with E-state index in [-0.39, 0.29) is 0 Å². The van der Waals surface area contributed by atoms with Crippen LogP contribution in [-0.2, 0) is 24.3 Å². The second-order valence-corrected chi connectivity index (χ2v) is 3.14. The van der Waals surface area contributed by atoms with Crippen molar-refractivity contribution in [2.45, 2.75) is 32.9 Å². The molecular formula is C9H14N2O. The lowest BCUT2D eigenvalue weighted by atomic mass is 10.3. The van der Waals surface area contributed by atoms with E-state index in [1.54, 1.807) is 0 Å². The summed E-state index contributed by atoms with van der Waals surface area (Å²) in [7, 11) is 0. The first-order valence-corrected chi connectivity index (χ1v) is 4.53. The monoisotopic (exact) mass is 166 g/mol. The lowest BCUT2D eigenvalue weighted by Crippen LogP contribution is -2.15. The van der Waals surface area contributed by atoms with Gasteiger partial charge in [-0.3, -0.25) is 0 Å². The fourth-order valence-corrected chi connectivity index (χ4v) is 1.52. The van der Waals surface area contributed by atoms with Crippen LogP contribution in [-0.4, -0.2) is 16.2 Å².